The molecule has 0 N–H and O–H groups in total. The molecule has 0 fully saturated rings. The molecule has 0 bridgehead atoms. The fourth-order valence-electron chi connectivity index (χ4n) is 0.626. The maximum atomic E-state index is 11.3. The number of thiophene rings is 1. The number of hydrogen-bond acceptors (Lipinski definition) is 2. The van der Waals surface area contributed by atoms with Gasteiger partial charge >= 0.3 is 0 Å². The van der Waals surface area contributed by atoms with E-state index in [1.165, 1.54) is 11.3 Å². The van der Waals surface area contributed by atoms with Crippen molar-refractivity contribution in [3.63, 3.8) is 0 Å². The number of alkyl halides is 2. The molecule has 1 heterocycles. The molecule has 0 aromatic carbocycles. The third-order valence-corrected chi connectivity index (χ3v) is 3.44. The molecule has 0 aliphatic carbocycles. The molecule has 66 valence electrons. The van der Waals surface area contributed by atoms with Crippen LogP contribution in [0.2, 0.25) is 8.67 Å². The van der Waals surface area contributed by atoms with E-state index >= 15 is 0 Å². The summed E-state index contributed by atoms with van der Waals surface area (Å²) in [4.78, 5) is 11.3. The van der Waals surface area contributed by atoms with Crippen LogP contribution in [0.3, 0.4) is 0 Å². The predicted octanol–water partition coefficient (Wildman–Crippen LogP) is 4.35. The molecule has 1 aromatic heterocycles. The fraction of sp³-hybridized carbons (Fsp3) is 0.167. The van der Waals surface area contributed by atoms with Crippen molar-refractivity contribution in [3.8, 4) is 0 Å². The first-order valence-corrected chi connectivity index (χ1v) is 6.20. The highest BCUT2D eigenvalue weighted by atomic mass is 79.9. The van der Waals surface area contributed by atoms with Crippen LogP contribution in [0.5, 0.6) is 0 Å². The molecule has 0 saturated heterocycles. The van der Waals surface area contributed by atoms with Gasteiger partial charge in [0.25, 0.3) is 0 Å². The summed E-state index contributed by atoms with van der Waals surface area (Å²) in [6.45, 7) is 0. The van der Waals surface area contributed by atoms with Crippen LogP contribution in [0.25, 0.3) is 0 Å². The lowest BCUT2D eigenvalue weighted by molar-refractivity contribution is 0.101. The standard InChI is InChI=1S/C6H2Br2Cl2OS/c7-5(8)4(11)2-1-3(9)12-6(2)10/h1,5H. The molecule has 0 aliphatic heterocycles. The van der Waals surface area contributed by atoms with Crippen LogP contribution in [0.4, 0.5) is 0 Å². The second kappa shape index (κ2) is 4.42. The van der Waals surface area contributed by atoms with Crippen LogP contribution in [-0.4, -0.2) is 9.52 Å². The van der Waals surface area contributed by atoms with E-state index in [2.05, 4.69) is 31.9 Å². The van der Waals surface area contributed by atoms with E-state index in [0.29, 0.717) is 14.2 Å². The van der Waals surface area contributed by atoms with Crippen LogP contribution in [-0.2, 0) is 0 Å². The zero-order chi connectivity index (χ0) is 9.30. The molecule has 0 unspecified atom stereocenters. The zero-order valence-corrected chi connectivity index (χ0v) is 11.0. The van der Waals surface area contributed by atoms with Crippen molar-refractivity contribution in [2.24, 2.45) is 0 Å². The lowest BCUT2D eigenvalue weighted by Gasteiger charge is -1.97. The van der Waals surface area contributed by atoms with Gasteiger partial charge < -0.3 is 0 Å². The first-order chi connectivity index (χ1) is 5.52. The lowest BCUT2D eigenvalue weighted by atomic mass is 10.2. The second-order valence-electron chi connectivity index (χ2n) is 1.90. The molecule has 0 aliphatic rings. The van der Waals surface area contributed by atoms with Crippen LogP contribution < -0.4 is 0 Å². The third kappa shape index (κ3) is 2.45. The van der Waals surface area contributed by atoms with Gasteiger partial charge in [0.1, 0.15) is 8.07 Å². The minimum Gasteiger partial charge on any atom is -0.292 e. The normalized spacial score (nSPS) is 10.8. The largest absolute Gasteiger partial charge is 0.292 e. The molecular formula is C6H2Br2Cl2OS. The minimum absolute atomic E-state index is 0.122. The Balaban J connectivity index is 3.02. The van der Waals surface area contributed by atoms with E-state index in [1.807, 2.05) is 0 Å². The second-order valence-corrected chi connectivity index (χ2v) is 7.25. The average molecular weight is 353 g/mol. The molecule has 1 rings (SSSR count). The van der Waals surface area contributed by atoms with Crippen LogP contribution in [0, 0.1) is 0 Å². The summed E-state index contributed by atoms with van der Waals surface area (Å²) in [5.74, 6) is -0.122. The Morgan fingerprint density at radius 1 is 1.50 bits per heavy atom. The Morgan fingerprint density at radius 3 is 2.42 bits per heavy atom. The Morgan fingerprint density at radius 2 is 2.08 bits per heavy atom. The molecule has 6 heteroatoms. The van der Waals surface area contributed by atoms with Crippen molar-refractivity contribution in [1.82, 2.24) is 0 Å². The van der Waals surface area contributed by atoms with Gasteiger partial charge in [-0.15, -0.1) is 11.3 Å². The maximum absolute atomic E-state index is 11.3. The van der Waals surface area contributed by atoms with Crippen molar-refractivity contribution in [1.29, 1.82) is 0 Å². The van der Waals surface area contributed by atoms with E-state index in [0.717, 1.165) is 0 Å². The molecule has 1 nitrogen and oxygen atoms in total. The van der Waals surface area contributed by atoms with Crippen molar-refractivity contribution >= 4 is 72.2 Å². The summed E-state index contributed by atoms with van der Waals surface area (Å²) >= 11 is 18.8. The summed E-state index contributed by atoms with van der Waals surface area (Å²) in [6, 6.07) is 1.56. The number of Topliss-reactive ketones (excluding diaryl/α,β-unsaturated/α-hetero) is 1. The molecule has 0 saturated carbocycles. The van der Waals surface area contributed by atoms with E-state index < -0.39 is 3.74 Å². The van der Waals surface area contributed by atoms with Gasteiger partial charge in [0, 0.05) is 0 Å². The Bertz CT molecular complexity index is 310. The average Bonchev–Trinajstić information content (AvgIpc) is 2.28. The Hall–Kier alpha value is 0.910. The Kier molecular flexibility index (Phi) is 4.05. The lowest BCUT2D eigenvalue weighted by Crippen LogP contribution is -2.05. The first-order valence-electron chi connectivity index (χ1n) is 2.79. The number of carbonyl (C=O) groups is 1. The summed E-state index contributed by atoms with van der Waals surface area (Å²) in [5.41, 5.74) is 0.449. The molecule has 0 amide bonds. The third-order valence-electron chi connectivity index (χ3n) is 1.12. The topological polar surface area (TPSA) is 17.1 Å². The molecule has 12 heavy (non-hydrogen) atoms. The number of rotatable bonds is 2. The van der Waals surface area contributed by atoms with Crippen molar-refractivity contribution in [3.05, 3.63) is 20.3 Å². The quantitative estimate of drug-likeness (QED) is 0.571. The summed E-state index contributed by atoms with van der Waals surface area (Å²) < 4.78 is 0.533. The van der Waals surface area contributed by atoms with Crippen molar-refractivity contribution < 1.29 is 4.79 Å². The van der Waals surface area contributed by atoms with Gasteiger partial charge in [-0.25, -0.2) is 0 Å². The van der Waals surface area contributed by atoms with Gasteiger partial charge in [-0.3, -0.25) is 4.79 Å². The minimum atomic E-state index is -0.409. The highest BCUT2D eigenvalue weighted by Gasteiger charge is 2.18. The number of ketones is 1. The first kappa shape index (κ1) is 11.0. The van der Waals surface area contributed by atoms with Gasteiger partial charge in [-0.2, -0.15) is 0 Å². The van der Waals surface area contributed by atoms with E-state index in [4.69, 9.17) is 23.2 Å². The van der Waals surface area contributed by atoms with Crippen molar-refractivity contribution in [2.45, 2.75) is 3.74 Å². The van der Waals surface area contributed by atoms with Gasteiger partial charge in [-0.1, -0.05) is 55.1 Å². The van der Waals surface area contributed by atoms with Gasteiger partial charge in [0.15, 0.2) is 5.78 Å². The molecule has 0 atom stereocenters. The molecule has 0 spiro atoms. The van der Waals surface area contributed by atoms with Gasteiger partial charge in [0.05, 0.1) is 9.90 Å². The molecule has 0 radical (unpaired) electrons. The van der Waals surface area contributed by atoms with Crippen LogP contribution >= 0.6 is 66.4 Å². The van der Waals surface area contributed by atoms with E-state index in [9.17, 15) is 4.79 Å². The summed E-state index contributed by atoms with van der Waals surface area (Å²) in [6.07, 6.45) is 0. The zero-order valence-electron chi connectivity index (χ0n) is 5.48. The number of hydrogen-bond donors (Lipinski definition) is 0. The summed E-state index contributed by atoms with van der Waals surface area (Å²) in [7, 11) is 0. The number of halogens is 4. The van der Waals surface area contributed by atoms with E-state index in [1.54, 1.807) is 6.07 Å². The predicted molar refractivity (Wildman–Crippen MR) is 60.3 cm³/mol. The molecular weight excluding hydrogens is 351 g/mol. The highest BCUT2D eigenvalue weighted by molar-refractivity contribution is 9.25. The van der Waals surface area contributed by atoms with Crippen LogP contribution in [0.15, 0.2) is 6.07 Å². The smallest absolute Gasteiger partial charge is 0.189 e. The number of carbonyl (C=O) groups excluding carboxylic acids is 1. The van der Waals surface area contributed by atoms with Crippen LogP contribution in [0.1, 0.15) is 10.4 Å². The SMILES string of the molecule is O=C(c1cc(Cl)sc1Cl)C(Br)Br. The fourth-order valence-corrected chi connectivity index (χ4v) is 2.59. The van der Waals surface area contributed by atoms with E-state index in [-0.39, 0.29) is 5.78 Å². The monoisotopic (exact) mass is 350 g/mol. The molecule has 1 aromatic rings. The van der Waals surface area contributed by atoms with Gasteiger partial charge in [-0.05, 0) is 6.07 Å². The highest BCUT2D eigenvalue weighted by Crippen LogP contribution is 2.33. The van der Waals surface area contributed by atoms with Gasteiger partial charge in [0.2, 0.25) is 0 Å². The van der Waals surface area contributed by atoms with Crippen molar-refractivity contribution in [2.75, 3.05) is 0 Å². The Labute approximate surface area is 100 Å². The summed E-state index contributed by atoms with van der Waals surface area (Å²) in [5, 5.41) is 0. The maximum Gasteiger partial charge on any atom is 0.189 e.